The van der Waals surface area contributed by atoms with Crippen LogP contribution in [0.15, 0.2) is 60.7 Å². The average molecular weight is 343 g/mol. The Hall–Kier alpha value is -3.15. The molecule has 0 saturated carbocycles. The number of halogens is 2. The van der Waals surface area contributed by atoms with E-state index in [1.54, 1.807) is 12.1 Å². The molecule has 0 aromatic heterocycles. The number of amides is 1. The summed E-state index contributed by atoms with van der Waals surface area (Å²) in [6.07, 6.45) is 0. The highest BCUT2D eigenvalue weighted by Gasteiger charge is 2.20. The van der Waals surface area contributed by atoms with Crippen LogP contribution in [-0.2, 0) is 0 Å². The van der Waals surface area contributed by atoms with Crippen LogP contribution in [0.2, 0.25) is 0 Å². The lowest BCUT2D eigenvalue weighted by atomic mass is 10.1. The van der Waals surface area contributed by atoms with Crippen molar-refractivity contribution in [3.05, 3.63) is 66.2 Å². The van der Waals surface area contributed by atoms with E-state index in [2.05, 4.69) is 10.1 Å². The van der Waals surface area contributed by atoms with Crippen molar-refractivity contribution in [2.24, 2.45) is 0 Å². The van der Waals surface area contributed by atoms with Crippen molar-refractivity contribution in [2.75, 3.05) is 12.4 Å². The van der Waals surface area contributed by atoms with Crippen LogP contribution in [0.1, 0.15) is 10.4 Å². The van der Waals surface area contributed by atoms with Crippen molar-refractivity contribution in [1.82, 2.24) is 0 Å². The molecular weight excluding hydrogens is 328 g/mol. The first-order chi connectivity index (χ1) is 12.1. The molecule has 0 heterocycles. The topological polar surface area (TPSA) is 47.6 Å². The van der Waals surface area contributed by atoms with Crippen molar-refractivity contribution in [3.8, 4) is 11.5 Å². The summed E-state index contributed by atoms with van der Waals surface area (Å²) >= 11 is 0. The number of alkyl halides is 2. The molecule has 0 atom stereocenters. The minimum absolute atomic E-state index is 0.0344. The van der Waals surface area contributed by atoms with E-state index in [0.717, 1.165) is 10.8 Å². The Kier molecular flexibility index (Phi) is 4.79. The number of carbonyl (C=O) groups is 1. The number of hydrogen-bond acceptors (Lipinski definition) is 3. The van der Waals surface area contributed by atoms with Crippen LogP contribution in [0.3, 0.4) is 0 Å². The smallest absolute Gasteiger partial charge is 0.387 e. The fourth-order valence-corrected chi connectivity index (χ4v) is 2.53. The largest absolute Gasteiger partial charge is 0.493 e. The molecule has 3 aromatic rings. The third-order valence-corrected chi connectivity index (χ3v) is 3.66. The molecule has 0 fully saturated rings. The van der Waals surface area contributed by atoms with Gasteiger partial charge in [0.05, 0.1) is 12.7 Å². The van der Waals surface area contributed by atoms with Crippen LogP contribution in [0.4, 0.5) is 14.5 Å². The average Bonchev–Trinajstić information content (AvgIpc) is 2.61. The summed E-state index contributed by atoms with van der Waals surface area (Å²) in [6, 6.07) is 17.5. The molecule has 1 amide bonds. The third kappa shape index (κ3) is 3.68. The summed E-state index contributed by atoms with van der Waals surface area (Å²) in [5, 5.41) is 4.68. The van der Waals surface area contributed by atoms with Gasteiger partial charge in [0.1, 0.15) is 0 Å². The summed E-state index contributed by atoms with van der Waals surface area (Å²) in [7, 11) is 1.32. The highest BCUT2D eigenvalue weighted by molar-refractivity contribution is 6.07. The van der Waals surface area contributed by atoms with E-state index >= 15 is 0 Å². The molecule has 3 rings (SSSR count). The number of fused-ring (bicyclic) bond motifs is 1. The third-order valence-electron chi connectivity index (χ3n) is 3.66. The zero-order chi connectivity index (χ0) is 17.8. The summed E-state index contributed by atoms with van der Waals surface area (Å²) in [5.74, 6) is -0.797. The number of carbonyl (C=O) groups excluding carboxylic acids is 1. The Balaban J connectivity index is 1.91. The maximum Gasteiger partial charge on any atom is 0.387 e. The monoisotopic (exact) mass is 343 g/mol. The molecule has 128 valence electrons. The van der Waals surface area contributed by atoms with Gasteiger partial charge in [0.25, 0.3) is 5.91 Å². The molecule has 1 N–H and O–H groups in total. The zero-order valence-electron chi connectivity index (χ0n) is 13.3. The van der Waals surface area contributed by atoms with Crippen LogP contribution in [0, 0.1) is 0 Å². The van der Waals surface area contributed by atoms with Crippen molar-refractivity contribution < 1.29 is 23.0 Å². The van der Waals surface area contributed by atoms with E-state index < -0.39 is 12.5 Å². The lowest BCUT2D eigenvalue weighted by molar-refractivity contribution is -0.0515. The Morgan fingerprint density at radius 1 is 1.00 bits per heavy atom. The Morgan fingerprint density at radius 2 is 1.76 bits per heavy atom. The molecule has 3 aromatic carbocycles. The summed E-state index contributed by atoms with van der Waals surface area (Å²) in [4.78, 5) is 12.5. The molecule has 0 saturated heterocycles. The number of rotatable bonds is 5. The molecule has 0 radical (unpaired) electrons. The summed E-state index contributed by atoms with van der Waals surface area (Å²) in [6.45, 7) is -3.07. The molecule has 4 nitrogen and oxygen atoms in total. The van der Waals surface area contributed by atoms with Crippen LogP contribution >= 0.6 is 0 Å². The van der Waals surface area contributed by atoms with Gasteiger partial charge in [-0.25, -0.2) is 0 Å². The van der Waals surface area contributed by atoms with Crippen molar-refractivity contribution >= 4 is 22.4 Å². The minimum atomic E-state index is -3.07. The van der Waals surface area contributed by atoms with Gasteiger partial charge in [0.15, 0.2) is 11.5 Å². The summed E-state index contributed by atoms with van der Waals surface area (Å²) < 4.78 is 34.8. The van der Waals surface area contributed by atoms with E-state index in [1.165, 1.54) is 25.3 Å². The van der Waals surface area contributed by atoms with Gasteiger partial charge in [-0.05, 0) is 35.0 Å². The van der Waals surface area contributed by atoms with Gasteiger partial charge in [0, 0.05) is 5.69 Å². The number of hydrogen-bond donors (Lipinski definition) is 1. The molecule has 6 heteroatoms. The SMILES string of the molecule is COc1cccc(C(=O)Nc2ccc3ccccc3c2)c1OC(F)F. The quantitative estimate of drug-likeness (QED) is 0.730. The maximum atomic E-state index is 12.7. The predicted octanol–water partition coefficient (Wildman–Crippen LogP) is 4.70. The highest BCUT2D eigenvalue weighted by atomic mass is 19.3. The number of ether oxygens (including phenoxy) is 2. The minimum Gasteiger partial charge on any atom is -0.493 e. The van der Waals surface area contributed by atoms with Gasteiger partial charge in [-0.1, -0.05) is 36.4 Å². The van der Waals surface area contributed by atoms with Gasteiger partial charge < -0.3 is 14.8 Å². The van der Waals surface area contributed by atoms with E-state index in [4.69, 9.17) is 4.74 Å². The molecule has 0 bridgehead atoms. The van der Waals surface area contributed by atoms with E-state index in [9.17, 15) is 13.6 Å². The number of anilines is 1. The van der Waals surface area contributed by atoms with Gasteiger partial charge in [-0.2, -0.15) is 8.78 Å². The van der Waals surface area contributed by atoms with E-state index in [-0.39, 0.29) is 17.1 Å². The number of nitrogens with one attached hydrogen (secondary N) is 1. The van der Waals surface area contributed by atoms with Gasteiger partial charge in [-0.3, -0.25) is 4.79 Å². The Morgan fingerprint density at radius 3 is 2.48 bits per heavy atom. The predicted molar refractivity (Wildman–Crippen MR) is 91.5 cm³/mol. The van der Waals surface area contributed by atoms with Crippen LogP contribution in [-0.4, -0.2) is 19.6 Å². The molecule has 0 spiro atoms. The Bertz CT molecular complexity index is 912. The standard InChI is InChI=1S/C19H15F2NO3/c1-24-16-8-4-7-15(17(16)25-19(20)21)18(23)22-14-10-9-12-5-2-3-6-13(12)11-14/h2-11,19H,1H3,(H,22,23). The second-order valence-electron chi connectivity index (χ2n) is 5.23. The van der Waals surface area contributed by atoms with Crippen LogP contribution in [0.25, 0.3) is 10.8 Å². The highest BCUT2D eigenvalue weighted by Crippen LogP contribution is 2.33. The lowest BCUT2D eigenvalue weighted by Crippen LogP contribution is -2.15. The van der Waals surface area contributed by atoms with Crippen LogP contribution < -0.4 is 14.8 Å². The second-order valence-corrected chi connectivity index (χ2v) is 5.23. The zero-order valence-corrected chi connectivity index (χ0v) is 13.3. The van der Waals surface area contributed by atoms with E-state index in [0.29, 0.717) is 5.69 Å². The first kappa shape index (κ1) is 16.7. The second kappa shape index (κ2) is 7.17. The van der Waals surface area contributed by atoms with Gasteiger partial charge in [-0.15, -0.1) is 0 Å². The fraction of sp³-hybridized carbons (Fsp3) is 0.105. The molecular formula is C19H15F2NO3. The molecule has 0 unspecified atom stereocenters. The molecule has 0 aliphatic heterocycles. The summed E-state index contributed by atoms with van der Waals surface area (Å²) in [5.41, 5.74) is 0.516. The number of methoxy groups -OCH3 is 1. The molecule has 25 heavy (non-hydrogen) atoms. The number of benzene rings is 3. The van der Waals surface area contributed by atoms with Gasteiger partial charge >= 0.3 is 6.61 Å². The Labute approximate surface area is 143 Å². The lowest BCUT2D eigenvalue weighted by Gasteiger charge is -2.14. The van der Waals surface area contributed by atoms with Crippen molar-refractivity contribution in [3.63, 3.8) is 0 Å². The van der Waals surface area contributed by atoms with Gasteiger partial charge in [0.2, 0.25) is 0 Å². The molecule has 0 aliphatic carbocycles. The first-order valence-electron chi connectivity index (χ1n) is 7.50. The molecule has 0 aliphatic rings. The first-order valence-corrected chi connectivity index (χ1v) is 7.50. The normalized spacial score (nSPS) is 10.7. The maximum absolute atomic E-state index is 12.7. The fourth-order valence-electron chi connectivity index (χ4n) is 2.53. The number of para-hydroxylation sites is 1. The van der Waals surface area contributed by atoms with Crippen LogP contribution in [0.5, 0.6) is 11.5 Å². The van der Waals surface area contributed by atoms with Crippen molar-refractivity contribution in [2.45, 2.75) is 6.61 Å². The van der Waals surface area contributed by atoms with Crippen molar-refractivity contribution in [1.29, 1.82) is 0 Å². The van der Waals surface area contributed by atoms with E-state index in [1.807, 2.05) is 30.3 Å².